The molecule has 1 N–H and O–H groups in total. The molecule has 0 saturated carbocycles. The van der Waals surface area contributed by atoms with Gasteiger partial charge in [0.05, 0.1) is 0 Å². The van der Waals surface area contributed by atoms with Gasteiger partial charge in [0, 0.05) is 10.2 Å². The number of hydrogen-bond acceptors (Lipinski definition) is 2. The van der Waals surface area contributed by atoms with Gasteiger partial charge in [0.2, 0.25) is 0 Å². The van der Waals surface area contributed by atoms with Crippen LogP contribution in [0.4, 0.5) is 5.69 Å². The van der Waals surface area contributed by atoms with Crippen LogP contribution in [0, 0.1) is 20.8 Å². The van der Waals surface area contributed by atoms with Crippen LogP contribution in [0.15, 0.2) is 40.9 Å². The summed E-state index contributed by atoms with van der Waals surface area (Å²) >= 11 is 3.39. The van der Waals surface area contributed by atoms with Crippen molar-refractivity contribution in [3.63, 3.8) is 0 Å². The molecule has 1 atom stereocenters. The number of ether oxygens (including phenoxy) is 1. The van der Waals surface area contributed by atoms with E-state index in [4.69, 9.17) is 4.74 Å². The minimum absolute atomic E-state index is 0.157. The Labute approximate surface area is 139 Å². The summed E-state index contributed by atoms with van der Waals surface area (Å²) in [6.07, 6.45) is -0.575. The highest BCUT2D eigenvalue weighted by Crippen LogP contribution is 2.23. The number of rotatable bonds is 4. The molecule has 2 aromatic carbocycles. The van der Waals surface area contributed by atoms with Crippen molar-refractivity contribution in [3.05, 3.63) is 57.6 Å². The summed E-state index contributed by atoms with van der Waals surface area (Å²) in [5.41, 5.74) is 4.16. The second-order valence-corrected chi connectivity index (χ2v) is 6.40. The van der Waals surface area contributed by atoms with Gasteiger partial charge in [-0.1, -0.05) is 39.7 Å². The van der Waals surface area contributed by atoms with Crippen LogP contribution in [0.2, 0.25) is 0 Å². The van der Waals surface area contributed by atoms with E-state index in [-0.39, 0.29) is 5.91 Å². The zero-order valence-corrected chi connectivity index (χ0v) is 14.8. The Morgan fingerprint density at radius 1 is 1.14 bits per heavy atom. The Morgan fingerprint density at radius 3 is 2.36 bits per heavy atom. The van der Waals surface area contributed by atoms with Gasteiger partial charge in [-0.25, -0.2) is 0 Å². The molecule has 0 bridgehead atoms. The molecule has 0 spiro atoms. The SMILES string of the molecule is Cc1cc(C)c(NC(=O)[C@@H](C)Oc2cccc(Br)c2)c(C)c1. The van der Waals surface area contributed by atoms with Crippen molar-refractivity contribution in [3.8, 4) is 5.75 Å². The summed E-state index contributed by atoms with van der Waals surface area (Å²) in [6.45, 7) is 7.78. The summed E-state index contributed by atoms with van der Waals surface area (Å²) in [5, 5.41) is 2.96. The molecule has 1 amide bonds. The molecule has 0 radical (unpaired) electrons. The lowest BCUT2D eigenvalue weighted by atomic mass is 10.0. The summed E-state index contributed by atoms with van der Waals surface area (Å²) < 4.78 is 6.61. The van der Waals surface area contributed by atoms with Crippen molar-refractivity contribution in [1.29, 1.82) is 0 Å². The van der Waals surface area contributed by atoms with E-state index in [0.717, 1.165) is 21.3 Å². The first-order chi connectivity index (χ1) is 10.4. The third-order valence-corrected chi connectivity index (χ3v) is 3.90. The fourth-order valence-electron chi connectivity index (χ4n) is 2.40. The second kappa shape index (κ2) is 6.97. The van der Waals surface area contributed by atoms with E-state index in [0.29, 0.717) is 5.75 Å². The van der Waals surface area contributed by atoms with E-state index >= 15 is 0 Å². The Kier molecular flexibility index (Phi) is 5.24. The minimum Gasteiger partial charge on any atom is -0.481 e. The number of hydrogen-bond donors (Lipinski definition) is 1. The number of amides is 1. The molecular weight excluding hydrogens is 342 g/mol. The number of halogens is 1. The Balaban J connectivity index is 2.09. The predicted molar refractivity (Wildman–Crippen MR) is 93.5 cm³/mol. The number of aryl methyl sites for hydroxylation is 3. The summed E-state index contributed by atoms with van der Waals surface area (Å²) in [7, 11) is 0. The fraction of sp³-hybridized carbons (Fsp3) is 0.278. The molecule has 0 saturated heterocycles. The highest BCUT2D eigenvalue weighted by atomic mass is 79.9. The Bertz CT molecular complexity index is 674. The third-order valence-electron chi connectivity index (χ3n) is 3.40. The fourth-order valence-corrected chi connectivity index (χ4v) is 2.78. The van der Waals surface area contributed by atoms with E-state index in [1.165, 1.54) is 5.56 Å². The van der Waals surface area contributed by atoms with Crippen molar-refractivity contribution in [2.75, 3.05) is 5.32 Å². The smallest absolute Gasteiger partial charge is 0.265 e. The summed E-state index contributed by atoms with van der Waals surface area (Å²) in [5.74, 6) is 0.504. The first-order valence-corrected chi connectivity index (χ1v) is 7.97. The molecule has 116 valence electrons. The summed E-state index contributed by atoms with van der Waals surface area (Å²) in [6, 6.07) is 11.6. The third kappa shape index (κ3) is 4.10. The highest BCUT2D eigenvalue weighted by Gasteiger charge is 2.17. The number of nitrogens with one attached hydrogen (secondary N) is 1. The van der Waals surface area contributed by atoms with Gasteiger partial charge in [-0.2, -0.15) is 0 Å². The zero-order valence-electron chi connectivity index (χ0n) is 13.2. The van der Waals surface area contributed by atoms with Crippen LogP contribution < -0.4 is 10.1 Å². The molecule has 2 aromatic rings. The molecular formula is C18H20BrNO2. The molecule has 0 unspecified atom stereocenters. The number of benzene rings is 2. The van der Waals surface area contributed by atoms with Crippen molar-refractivity contribution < 1.29 is 9.53 Å². The summed E-state index contributed by atoms with van der Waals surface area (Å²) in [4.78, 5) is 12.3. The average Bonchev–Trinajstić information content (AvgIpc) is 2.42. The van der Waals surface area contributed by atoms with Crippen molar-refractivity contribution in [1.82, 2.24) is 0 Å². The van der Waals surface area contributed by atoms with Crippen molar-refractivity contribution in [2.24, 2.45) is 0 Å². The van der Waals surface area contributed by atoms with Gasteiger partial charge >= 0.3 is 0 Å². The standard InChI is InChI=1S/C18H20BrNO2/c1-11-8-12(2)17(13(3)9-11)20-18(21)14(4)22-16-7-5-6-15(19)10-16/h5-10,14H,1-4H3,(H,20,21)/t14-/m1/s1. The molecule has 0 aliphatic heterocycles. The van der Waals surface area contributed by atoms with Gasteiger partial charge in [0.1, 0.15) is 5.75 Å². The maximum Gasteiger partial charge on any atom is 0.265 e. The molecule has 0 aliphatic rings. The normalized spacial score (nSPS) is 11.9. The van der Waals surface area contributed by atoms with Gasteiger partial charge in [0.15, 0.2) is 6.10 Å². The lowest BCUT2D eigenvalue weighted by molar-refractivity contribution is -0.122. The minimum atomic E-state index is -0.575. The average molecular weight is 362 g/mol. The predicted octanol–water partition coefficient (Wildman–Crippen LogP) is 4.78. The number of carbonyl (C=O) groups is 1. The first-order valence-electron chi connectivity index (χ1n) is 7.18. The van der Waals surface area contributed by atoms with Crippen LogP contribution in [0.1, 0.15) is 23.6 Å². The quantitative estimate of drug-likeness (QED) is 0.850. The van der Waals surface area contributed by atoms with Crippen LogP contribution in [-0.2, 0) is 4.79 Å². The van der Waals surface area contributed by atoms with E-state index in [9.17, 15) is 4.79 Å². The van der Waals surface area contributed by atoms with Crippen LogP contribution >= 0.6 is 15.9 Å². The van der Waals surface area contributed by atoms with Gasteiger partial charge in [-0.15, -0.1) is 0 Å². The molecule has 0 aromatic heterocycles. The van der Waals surface area contributed by atoms with Gasteiger partial charge in [-0.3, -0.25) is 4.79 Å². The Hall–Kier alpha value is -1.81. The molecule has 0 fully saturated rings. The molecule has 0 heterocycles. The highest BCUT2D eigenvalue weighted by molar-refractivity contribution is 9.10. The molecule has 3 nitrogen and oxygen atoms in total. The van der Waals surface area contributed by atoms with E-state index in [1.54, 1.807) is 6.92 Å². The maximum absolute atomic E-state index is 12.3. The molecule has 22 heavy (non-hydrogen) atoms. The van der Waals surface area contributed by atoms with E-state index in [2.05, 4.69) is 33.4 Å². The number of carbonyl (C=O) groups excluding carboxylic acids is 1. The van der Waals surface area contributed by atoms with Gasteiger partial charge in [-0.05, 0) is 57.0 Å². The van der Waals surface area contributed by atoms with Crippen molar-refractivity contribution >= 4 is 27.5 Å². The monoisotopic (exact) mass is 361 g/mol. The largest absolute Gasteiger partial charge is 0.481 e. The lowest BCUT2D eigenvalue weighted by Crippen LogP contribution is -2.30. The van der Waals surface area contributed by atoms with Crippen LogP contribution in [0.25, 0.3) is 0 Å². The van der Waals surface area contributed by atoms with Crippen molar-refractivity contribution in [2.45, 2.75) is 33.8 Å². The van der Waals surface area contributed by atoms with Gasteiger partial charge in [0.25, 0.3) is 5.91 Å². The molecule has 2 rings (SSSR count). The van der Waals surface area contributed by atoms with Crippen LogP contribution in [0.5, 0.6) is 5.75 Å². The zero-order chi connectivity index (χ0) is 16.3. The van der Waals surface area contributed by atoms with Gasteiger partial charge < -0.3 is 10.1 Å². The molecule has 0 aliphatic carbocycles. The maximum atomic E-state index is 12.3. The first kappa shape index (κ1) is 16.6. The Morgan fingerprint density at radius 2 is 1.77 bits per heavy atom. The van der Waals surface area contributed by atoms with Crippen LogP contribution in [-0.4, -0.2) is 12.0 Å². The van der Waals surface area contributed by atoms with Crippen LogP contribution in [0.3, 0.4) is 0 Å². The second-order valence-electron chi connectivity index (χ2n) is 5.48. The van der Waals surface area contributed by atoms with E-state index in [1.807, 2.05) is 45.0 Å². The number of anilines is 1. The lowest BCUT2D eigenvalue weighted by Gasteiger charge is -2.17. The van der Waals surface area contributed by atoms with E-state index < -0.39 is 6.10 Å². The topological polar surface area (TPSA) is 38.3 Å². The molecule has 4 heteroatoms.